The van der Waals surface area contributed by atoms with Crippen LogP contribution < -0.4 is 10.6 Å². The third-order valence-electron chi connectivity index (χ3n) is 4.86. The van der Waals surface area contributed by atoms with E-state index in [1.54, 1.807) is 0 Å². The zero-order valence-electron chi connectivity index (χ0n) is 16.8. The topological polar surface area (TPSA) is 122 Å². The summed E-state index contributed by atoms with van der Waals surface area (Å²) in [4.78, 5) is 35.9. The molecule has 10 heteroatoms. The average molecular weight is 426 g/mol. The van der Waals surface area contributed by atoms with Gasteiger partial charge in [-0.3, -0.25) is 10.1 Å². The zero-order valence-corrected chi connectivity index (χ0v) is 17.6. The van der Waals surface area contributed by atoms with E-state index in [2.05, 4.69) is 17.6 Å². The molecule has 0 aromatic heterocycles. The second-order valence-corrected chi connectivity index (χ2v) is 9.43. The molecular weight excluding hydrogens is 398 g/mol. The lowest BCUT2D eigenvalue weighted by molar-refractivity contribution is -0.123. The number of hydrogen-bond donors (Lipinski definition) is 2. The fraction of sp³-hybridized carbons (Fsp3) is 0.526. The highest BCUT2D eigenvalue weighted by Gasteiger charge is 2.24. The second kappa shape index (κ2) is 9.84. The van der Waals surface area contributed by atoms with E-state index in [0.717, 1.165) is 30.0 Å². The monoisotopic (exact) mass is 425 g/mol. The van der Waals surface area contributed by atoms with Gasteiger partial charge in [0.25, 0.3) is 5.91 Å². The lowest BCUT2D eigenvalue weighted by Gasteiger charge is -2.29. The Morgan fingerprint density at radius 2 is 1.86 bits per heavy atom. The quantitative estimate of drug-likeness (QED) is 0.666. The molecule has 0 aliphatic heterocycles. The third kappa shape index (κ3) is 6.26. The Labute approximate surface area is 170 Å². The molecule has 29 heavy (non-hydrogen) atoms. The highest BCUT2D eigenvalue weighted by Crippen LogP contribution is 2.23. The number of hydrogen-bond acceptors (Lipinski definition) is 6. The summed E-state index contributed by atoms with van der Waals surface area (Å²) in [6, 6.07) is 4.71. The largest absolute Gasteiger partial charge is 0.452 e. The number of benzene rings is 1. The number of nitrogens with one attached hydrogen (secondary N) is 2. The van der Waals surface area contributed by atoms with Crippen molar-refractivity contribution in [1.29, 1.82) is 0 Å². The molecule has 0 bridgehead atoms. The van der Waals surface area contributed by atoms with Crippen molar-refractivity contribution in [1.82, 2.24) is 14.9 Å². The molecule has 2 atom stereocenters. The Kier molecular flexibility index (Phi) is 7.74. The van der Waals surface area contributed by atoms with Crippen LogP contribution in [0.1, 0.15) is 43.0 Å². The molecule has 2 N–H and O–H groups in total. The van der Waals surface area contributed by atoms with Crippen LogP contribution in [0.3, 0.4) is 0 Å². The number of ether oxygens (including phenoxy) is 1. The number of carbonyl (C=O) groups excluding carboxylic acids is 3. The Morgan fingerprint density at radius 3 is 2.52 bits per heavy atom. The van der Waals surface area contributed by atoms with Crippen LogP contribution in [0.15, 0.2) is 29.2 Å². The first-order valence-electron chi connectivity index (χ1n) is 9.41. The van der Waals surface area contributed by atoms with Gasteiger partial charge >= 0.3 is 12.0 Å². The first-order valence-corrected chi connectivity index (χ1v) is 10.9. The first kappa shape index (κ1) is 22.8. The maximum absolute atomic E-state index is 12.1. The van der Waals surface area contributed by atoms with E-state index >= 15 is 0 Å². The molecule has 0 heterocycles. The average Bonchev–Trinajstić information content (AvgIpc) is 2.67. The van der Waals surface area contributed by atoms with E-state index < -0.39 is 34.5 Å². The van der Waals surface area contributed by atoms with E-state index in [4.69, 9.17) is 4.74 Å². The Balaban J connectivity index is 1.87. The number of rotatable bonds is 6. The summed E-state index contributed by atoms with van der Waals surface area (Å²) in [7, 11) is -0.948. The van der Waals surface area contributed by atoms with Crippen molar-refractivity contribution >= 4 is 27.9 Å². The fourth-order valence-electron chi connectivity index (χ4n) is 3.11. The summed E-state index contributed by atoms with van der Waals surface area (Å²) in [5, 5.41) is 4.91. The van der Waals surface area contributed by atoms with Crippen LogP contribution in [0.25, 0.3) is 0 Å². The fourth-order valence-corrected chi connectivity index (χ4v) is 4.05. The van der Waals surface area contributed by atoms with Crippen molar-refractivity contribution in [2.45, 2.75) is 43.5 Å². The summed E-state index contributed by atoms with van der Waals surface area (Å²) in [5.74, 6) is -1.29. The summed E-state index contributed by atoms with van der Waals surface area (Å²) in [6.07, 6.45) is 4.05. The van der Waals surface area contributed by atoms with E-state index in [-0.39, 0.29) is 16.5 Å². The predicted molar refractivity (Wildman–Crippen MR) is 106 cm³/mol. The van der Waals surface area contributed by atoms with Crippen LogP contribution in [-0.2, 0) is 19.6 Å². The normalized spacial score (nSPS) is 19.4. The summed E-state index contributed by atoms with van der Waals surface area (Å²) in [5.41, 5.74) is -0.0128. The zero-order chi connectivity index (χ0) is 21.6. The molecule has 160 valence electrons. The molecule has 0 saturated heterocycles. The number of imide groups is 1. The van der Waals surface area contributed by atoms with Gasteiger partial charge in [-0.05, 0) is 37.0 Å². The number of urea groups is 1. The van der Waals surface area contributed by atoms with Crippen LogP contribution in [-0.4, -0.2) is 57.4 Å². The molecule has 2 rings (SSSR count). The van der Waals surface area contributed by atoms with Gasteiger partial charge in [0.2, 0.25) is 10.0 Å². The van der Waals surface area contributed by atoms with Crippen LogP contribution in [0, 0.1) is 5.92 Å². The molecule has 9 nitrogen and oxygen atoms in total. The number of nitrogens with zero attached hydrogens (tertiary/aromatic N) is 1. The van der Waals surface area contributed by atoms with E-state index in [1.165, 1.54) is 38.4 Å². The maximum atomic E-state index is 12.1. The van der Waals surface area contributed by atoms with E-state index in [9.17, 15) is 22.8 Å². The lowest BCUT2D eigenvalue weighted by Crippen LogP contribution is -2.48. The van der Waals surface area contributed by atoms with Crippen LogP contribution in [0.5, 0.6) is 0 Å². The van der Waals surface area contributed by atoms with Crippen molar-refractivity contribution < 1.29 is 27.5 Å². The van der Waals surface area contributed by atoms with Gasteiger partial charge in [0.1, 0.15) is 0 Å². The molecule has 1 fully saturated rings. The maximum Gasteiger partial charge on any atom is 0.338 e. The number of carbonyl (C=O) groups is 3. The smallest absolute Gasteiger partial charge is 0.338 e. The van der Waals surface area contributed by atoms with Gasteiger partial charge in [-0.2, -0.15) is 0 Å². The van der Waals surface area contributed by atoms with Crippen LogP contribution in [0.2, 0.25) is 0 Å². The number of sulfonamides is 1. The first-order chi connectivity index (χ1) is 13.6. The highest BCUT2D eigenvalue weighted by atomic mass is 32.2. The Bertz CT molecular complexity index is 868. The van der Waals surface area contributed by atoms with Gasteiger partial charge in [-0.25, -0.2) is 22.3 Å². The van der Waals surface area contributed by atoms with Crippen molar-refractivity contribution in [3.05, 3.63) is 29.8 Å². The number of amides is 3. The van der Waals surface area contributed by atoms with Crippen LogP contribution >= 0.6 is 0 Å². The van der Waals surface area contributed by atoms with Gasteiger partial charge in [-0.15, -0.1) is 0 Å². The van der Waals surface area contributed by atoms with Gasteiger partial charge in [0.15, 0.2) is 6.61 Å². The van der Waals surface area contributed by atoms with Crippen molar-refractivity contribution in [2.75, 3.05) is 20.7 Å². The van der Waals surface area contributed by atoms with Crippen LogP contribution in [0.4, 0.5) is 4.79 Å². The summed E-state index contributed by atoms with van der Waals surface area (Å²) < 4.78 is 30.2. The Morgan fingerprint density at radius 1 is 1.17 bits per heavy atom. The number of esters is 1. The molecule has 0 unspecified atom stereocenters. The van der Waals surface area contributed by atoms with Crippen molar-refractivity contribution in [3.63, 3.8) is 0 Å². The lowest BCUT2D eigenvalue weighted by atomic mass is 9.86. The molecule has 1 aliphatic carbocycles. The SMILES string of the molecule is C[C@@H]1CCCC[C@H]1NC(=O)NC(=O)COC(=O)c1cccc(S(=O)(=O)N(C)C)c1. The van der Waals surface area contributed by atoms with Crippen molar-refractivity contribution in [2.24, 2.45) is 5.92 Å². The van der Waals surface area contributed by atoms with Crippen molar-refractivity contribution in [3.8, 4) is 0 Å². The molecule has 1 saturated carbocycles. The molecule has 1 aromatic carbocycles. The molecule has 1 aliphatic rings. The van der Waals surface area contributed by atoms with E-state index in [1.807, 2.05) is 0 Å². The van der Waals surface area contributed by atoms with E-state index in [0.29, 0.717) is 5.92 Å². The predicted octanol–water partition coefficient (Wildman–Crippen LogP) is 1.50. The molecule has 0 spiro atoms. The van der Waals surface area contributed by atoms with Gasteiger partial charge < -0.3 is 10.1 Å². The standard InChI is InChI=1S/C19H27N3O6S/c1-13-7-4-5-10-16(13)20-19(25)21-17(23)12-28-18(24)14-8-6-9-15(11-14)29(26,27)22(2)3/h6,8-9,11,13,16H,4-5,7,10,12H2,1-3H3,(H2,20,21,23,25)/t13-,16-/m1/s1. The molecule has 1 aromatic rings. The third-order valence-corrected chi connectivity index (χ3v) is 6.67. The molecule has 3 amide bonds. The minimum Gasteiger partial charge on any atom is -0.452 e. The minimum absolute atomic E-state index is 0.0128. The summed E-state index contributed by atoms with van der Waals surface area (Å²) in [6.45, 7) is 1.40. The van der Waals surface area contributed by atoms with Gasteiger partial charge in [-0.1, -0.05) is 25.8 Å². The molecular formula is C19H27N3O6S. The Hall–Kier alpha value is -2.46. The van der Waals surface area contributed by atoms with Gasteiger partial charge in [0, 0.05) is 20.1 Å². The van der Waals surface area contributed by atoms with Gasteiger partial charge in [0.05, 0.1) is 10.5 Å². The minimum atomic E-state index is -3.71. The molecule has 0 radical (unpaired) electrons. The summed E-state index contributed by atoms with van der Waals surface area (Å²) >= 11 is 0. The second-order valence-electron chi connectivity index (χ2n) is 7.28. The highest BCUT2D eigenvalue weighted by molar-refractivity contribution is 7.89.